The predicted molar refractivity (Wildman–Crippen MR) is 132 cm³/mol. The van der Waals surface area contributed by atoms with Gasteiger partial charge in [0.2, 0.25) is 0 Å². The number of nitriles is 1. The number of carboxylic acids is 1. The number of hydrogen-bond acceptors (Lipinski definition) is 7. The Morgan fingerprint density at radius 1 is 1.32 bits per heavy atom. The minimum Gasteiger partial charge on any atom is -0.480 e. The van der Waals surface area contributed by atoms with Gasteiger partial charge in [-0.3, -0.25) is 23.9 Å². The number of nitrogens with zero attached hydrogens (tertiary/aromatic N) is 3. The first-order chi connectivity index (χ1) is 16.2. The van der Waals surface area contributed by atoms with Gasteiger partial charge in [-0.2, -0.15) is 5.26 Å². The number of hydrogen-bond donors (Lipinski definition) is 2. The zero-order chi connectivity index (χ0) is 25.0. The van der Waals surface area contributed by atoms with Crippen LogP contribution in [0.3, 0.4) is 0 Å². The Morgan fingerprint density at radius 2 is 2.00 bits per heavy atom. The summed E-state index contributed by atoms with van der Waals surface area (Å²) in [6.07, 6.45) is 2.13. The Hall–Kier alpha value is -3.49. The molecule has 1 amide bonds. The minimum atomic E-state index is -1.20. The fraction of sp³-hybridized carbons (Fsp3) is 0.261. The molecular formula is C23H21FN4O4S2. The highest BCUT2D eigenvalue weighted by Crippen LogP contribution is 2.35. The number of anilines is 1. The van der Waals surface area contributed by atoms with E-state index in [4.69, 9.17) is 17.3 Å². The lowest BCUT2D eigenvalue weighted by Crippen LogP contribution is -2.33. The van der Waals surface area contributed by atoms with Crippen molar-refractivity contribution in [2.75, 3.05) is 11.9 Å². The molecule has 0 radical (unpaired) electrons. The van der Waals surface area contributed by atoms with Gasteiger partial charge in [0.15, 0.2) is 0 Å². The van der Waals surface area contributed by atoms with Gasteiger partial charge in [0, 0.05) is 18.7 Å². The summed E-state index contributed by atoms with van der Waals surface area (Å²) >= 11 is 6.12. The maximum atomic E-state index is 13.3. The number of aromatic nitrogens is 1. The van der Waals surface area contributed by atoms with Crippen molar-refractivity contribution >= 4 is 52.1 Å². The summed E-state index contributed by atoms with van der Waals surface area (Å²) in [6.45, 7) is 3.52. The summed E-state index contributed by atoms with van der Waals surface area (Å²) in [5, 5.41) is 21.9. The lowest BCUT2D eigenvalue weighted by molar-refractivity contribution is -0.140. The predicted octanol–water partition coefficient (Wildman–Crippen LogP) is 3.48. The number of aliphatic carboxylic acids is 1. The summed E-state index contributed by atoms with van der Waals surface area (Å²) in [7, 11) is 0. The third-order valence-corrected chi connectivity index (χ3v) is 6.52. The van der Waals surface area contributed by atoms with Crippen molar-refractivity contribution in [3.8, 4) is 6.07 Å². The average molecular weight is 501 g/mol. The van der Waals surface area contributed by atoms with Crippen molar-refractivity contribution in [2.45, 2.75) is 33.4 Å². The molecule has 0 spiro atoms. The summed E-state index contributed by atoms with van der Waals surface area (Å²) in [4.78, 5) is 38.1. The number of carboxylic acid groups (broad SMARTS) is 1. The van der Waals surface area contributed by atoms with Gasteiger partial charge in [0.25, 0.3) is 11.5 Å². The third kappa shape index (κ3) is 5.18. The molecule has 0 bridgehead atoms. The number of thioether (sulfide) groups is 1. The van der Waals surface area contributed by atoms with Crippen LogP contribution in [0.25, 0.3) is 6.08 Å². The molecule has 2 aromatic rings. The van der Waals surface area contributed by atoms with Crippen molar-refractivity contribution < 1.29 is 19.1 Å². The molecule has 0 unspecified atom stereocenters. The Kier molecular flexibility index (Phi) is 7.86. The van der Waals surface area contributed by atoms with E-state index in [9.17, 15) is 24.0 Å². The van der Waals surface area contributed by atoms with Crippen LogP contribution in [-0.4, -0.2) is 37.3 Å². The molecule has 1 aromatic carbocycles. The first-order valence-corrected chi connectivity index (χ1v) is 11.5. The molecule has 1 aliphatic heterocycles. The van der Waals surface area contributed by atoms with Crippen LogP contribution in [0, 0.1) is 24.1 Å². The number of pyridine rings is 1. The van der Waals surface area contributed by atoms with Crippen molar-refractivity contribution in [2.24, 2.45) is 0 Å². The molecule has 34 heavy (non-hydrogen) atoms. The fourth-order valence-corrected chi connectivity index (χ4v) is 4.72. The molecule has 8 nitrogen and oxygen atoms in total. The van der Waals surface area contributed by atoms with Crippen LogP contribution < -0.4 is 10.9 Å². The highest BCUT2D eigenvalue weighted by Gasteiger charge is 2.34. The van der Waals surface area contributed by atoms with Crippen molar-refractivity contribution in [1.82, 2.24) is 9.47 Å². The van der Waals surface area contributed by atoms with Crippen molar-refractivity contribution in [1.29, 1.82) is 5.26 Å². The highest BCUT2D eigenvalue weighted by atomic mass is 32.2. The van der Waals surface area contributed by atoms with E-state index in [0.29, 0.717) is 29.9 Å². The van der Waals surface area contributed by atoms with Crippen molar-refractivity contribution in [3.63, 3.8) is 0 Å². The summed E-state index contributed by atoms with van der Waals surface area (Å²) in [5.41, 5.74) is 1.08. The monoisotopic (exact) mass is 500 g/mol. The second-order valence-corrected chi connectivity index (χ2v) is 9.15. The number of benzene rings is 1. The number of nitrogens with one attached hydrogen (secondary N) is 1. The van der Waals surface area contributed by atoms with E-state index in [1.807, 2.05) is 13.0 Å². The summed E-state index contributed by atoms with van der Waals surface area (Å²) in [6, 6.07) is 7.83. The standard InChI is InChI=1S/C23H21FN4O4S2/c1-3-8-27-20(26-11-14-4-6-15(24)7-5-14)16(13(2)17(10-25)21(27)31)9-18-22(32)28(12-19(29)30)23(33)34-18/h4-7,9,26H,3,8,11-12H2,1-2H3,(H,29,30)/b18-9+. The van der Waals surface area contributed by atoms with Gasteiger partial charge in [0.1, 0.15) is 34.1 Å². The molecule has 1 aromatic heterocycles. The lowest BCUT2D eigenvalue weighted by Gasteiger charge is -2.20. The van der Waals surface area contributed by atoms with Crippen LogP contribution in [0.1, 0.15) is 35.6 Å². The normalized spacial score (nSPS) is 14.5. The molecule has 1 saturated heterocycles. The van der Waals surface area contributed by atoms with Gasteiger partial charge in [-0.05, 0) is 42.7 Å². The zero-order valence-electron chi connectivity index (χ0n) is 18.4. The van der Waals surface area contributed by atoms with E-state index in [1.165, 1.54) is 22.8 Å². The first-order valence-electron chi connectivity index (χ1n) is 10.3. The SMILES string of the molecule is CCCn1c(NCc2ccc(F)cc2)c(/C=C2/SC(=S)N(CC(=O)O)C2=O)c(C)c(C#N)c1=O. The van der Waals surface area contributed by atoms with E-state index in [0.717, 1.165) is 22.2 Å². The number of carbonyl (C=O) groups is 2. The zero-order valence-corrected chi connectivity index (χ0v) is 20.1. The first kappa shape index (κ1) is 25.1. The van der Waals surface area contributed by atoms with E-state index < -0.39 is 24.0 Å². The van der Waals surface area contributed by atoms with Gasteiger partial charge in [0.05, 0.1) is 4.91 Å². The molecule has 2 heterocycles. The Morgan fingerprint density at radius 3 is 2.59 bits per heavy atom. The van der Waals surface area contributed by atoms with Crippen molar-refractivity contribution in [3.05, 3.63) is 67.6 Å². The number of thiocarbonyl (C=S) groups is 1. The molecule has 176 valence electrons. The molecule has 0 saturated carbocycles. The Labute approximate surface area is 204 Å². The maximum Gasteiger partial charge on any atom is 0.323 e. The highest BCUT2D eigenvalue weighted by molar-refractivity contribution is 8.26. The maximum absolute atomic E-state index is 13.3. The molecule has 0 aliphatic carbocycles. The summed E-state index contributed by atoms with van der Waals surface area (Å²) < 4.78 is 14.8. The van der Waals surface area contributed by atoms with Gasteiger partial charge in [-0.1, -0.05) is 43.0 Å². The quantitative estimate of drug-likeness (QED) is 0.418. The molecule has 1 fully saturated rings. The lowest BCUT2D eigenvalue weighted by atomic mass is 10.0. The van der Waals surface area contributed by atoms with Gasteiger partial charge in [-0.25, -0.2) is 4.39 Å². The molecule has 3 rings (SSSR count). The largest absolute Gasteiger partial charge is 0.480 e. The second kappa shape index (κ2) is 10.6. The molecule has 2 N–H and O–H groups in total. The average Bonchev–Trinajstić information content (AvgIpc) is 3.05. The summed E-state index contributed by atoms with van der Waals surface area (Å²) in [5.74, 6) is -1.73. The smallest absolute Gasteiger partial charge is 0.323 e. The van der Waals surface area contributed by atoms with Crippen LogP contribution in [0.15, 0.2) is 34.0 Å². The van der Waals surface area contributed by atoms with Crippen LogP contribution in [0.5, 0.6) is 0 Å². The molecular weight excluding hydrogens is 479 g/mol. The molecule has 11 heteroatoms. The van der Waals surface area contributed by atoms with Crippen LogP contribution in [0.4, 0.5) is 10.2 Å². The number of halogens is 1. The van der Waals surface area contributed by atoms with Gasteiger partial charge >= 0.3 is 5.97 Å². The third-order valence-electron chi connectivity index (χ3n) is 5.14. The fourth-order valence-electron chi connectivity index (χ4n) is 3.48. The molecule has 0 atom stereocenters. The minimum absolute atomic E-state index is 0.0481. The van der Waals surface area contributed by atoms with Crippen LogP contribution in [-0.2, 0) is 22.7 Å². The van der Waals surface area contributed by atoms with Gasteiger partial charge in [-0.15, -0.1) is 0 Å². The topological polar surface area (TPSA) is 115 Å². The second-order valence-electron chi connectivity index (χ2n) is 7.47. The number of amides is 1. The number of rotatable bonds is 8. The van der Waals surface area contributed by atoms with Gasteiger partial charge < -0.3 is 10.4 Å². The molecule has 1 aliphatic rings. The Balaban J connectivity index is 2.14. The van der Waals surface area contributed by atoms with Crippen LogP contribution >= 0.6 is 24.0 Å². The van der Waals surface area contributed by atoms with Crippen LogP contribution in [0.2, 0.25) is 0 Å². The van der Waals surface area contributed by atoms with E-state index >= 15 is 0 Å². The Bertz CT molecular complexity index is 1300. The number of carbonyl (C=O) groups excluding carboxylic acids is 1. The van der Waals surface area contributed by atoms with E-state index in [-0.39, 0.29) is 27.2 Å². The van der Waals surface area contributed by atoms with E-state index in [1.54, 1.807) is 19.1 Å². The van der Waals surface area contributed by atoms with E-state index in [2.05, 4.69) is 5.32 Å².